The predicted octanol–water partition coefficient (Wildman–Crippen LogP) is 1.60. The van der Waals surface area contributed by atoms with Gasteiger partial charge in [-0.05, 0) is 29.7 Å². The maximum absolute atomic E-state index is 12.2. The molecule has 1 amide bonds. The number of likely N-dealkylation sites (N-methyl/N-ethyl adjacent to an activating group) is 1. The van der Waals surface area contributed by atoms with Crippen molar-refractivity contribution in [1.82, 2.24) is 5.06 Å². The summed E-state index contributed by atoms with van der Waals surface area (Å²) in [6.45, 7) is 1.98. The van der Waals surface area contributed by atoms with Crippen molar-refractivity contribution in [3.8, 4) is 17.2 Å². The zero-order valence-electron chi connectivity index (χ0n) is 15.6. The topological polar surface area (TPSA) is 139 Å². The van der Waals surface area contributed by atoms with Crippen LogP contribution < -0.4 is 0 Å². The Morgan fingerprint density at radius 2 is 1.54 bits per heavy atom. The molecule has 5 N–H and O–H groups in total. The number of aliphatic hydroxyl groups is 1. The largest absolute Gasteiger partial charge is 0.504 e. The number of amides is 1. The van der Waals surface area contributed by atoms with E-state index in [4.69, 9.17) is 0 Å². The summed E-state index contributed by atoms with van der Waals surface area (Å²) in [7, 11) is 0.979. The molecule has 1 atom stereocenters. The Bertz CT molecular complexity index is 877. The molecular weight excluding hydrogens is 366 g/mol. The van der Waals surface area contributed by atoms with E-state index < -0.39 is 41.0 Å². The molecule has 0 aromatic heterocycles. The van der Waals surface area contributed by atoms with Crippen LogP contribution in [-0.4, -0.2) is 49.4 Å². The molecular formula is C20H23NO7. The van der Waals surface area contributed by atoms with Crippen LogP contribution in [0.5, 0.6) is 17.2 Å². The van der Waals surface area contributed by atoms with E-state index in [0.29, 0.717) is 5.56 Å². The third-order valence-electron chi connectivity index (χ3n) is 4.54. The highest BCUT2D eigenvalue weighted by Gasteiger charge is 2.38. The molecule has 8 nitrogen and oxygen atoms in total. The smallest absolute Gasteiger partial charge is 0.313 e. The molecule has 2 rings (SSSR count). The molecule has 0 fully saturated rings. The van der Waals surface area contributed by atoms with E-state index in [1.165, 1.54) is 0 Å². The van der Waals surface area contributed by atoms with Crippen LogP contribution >= 0.6 is 0 Å². The first-order valence-electron chi connectivity index (χ1n) is 8.63. The monoisotopic (exact) mass is 389 g/mol. The predicted molar refractivity (Wildman–Crippen MR) is 99.0 cm³/mol. The van der Waals surface area contributed by atoms with Gasteiger partial charge in [0, 0.05) is 25.5 Å². The van der Waals surface area contributed by atoms with Gasteiger partial charge in [0.1, 0.15) is 5.60 Å². The lowest BCUT2D eigenvalue weighted by Crippen LogP contribution is -2.38. The number of Topliss-reactive ketones (excluding diaryl/α,β-unsaturated/α-hetero) is 1. The maximum atomic E-state index is 12.2. The van der Waals surface area contributed by atoms with Crippen LogP contribution in [0.25, 0.3) is 0 Å². The molecule has 0 heterocycles. The summed E-state index contributed by atoms with van der Waals surface area (Å²) in [6, 6.07) is 9.39. The van der Waals surface area contributed by atoms with Gasteiger partial charge >= 0.3 is 5.91 Å². The molecule has 0 bridgehead atoms. The van der Waals surface area contributed by atoms with Crippen LogP contribution in [0.3, 0.4) is 0 Å². The number of phenols is 3. The molecule has 0 unspecified atom stereocenters. The van der Waals surface area contributed by atoms with Crippen LogP contribution in [0.4, 0.5) is 0 Å². The number of aromatic hydroxyl groups is 3. The van der Waals surface area contributed by atoms with Crippen LogP contribution in [0.2, 0.25) is 0 Å². The van der Waals surface area contributed by atoms with Crippen LogP contribution in [-0.2, 0) is 28.0 Å². The fourth-order valence-corrected chi connectivity index (χ4v) is 2.95. The van der Waals surface area contributed by atoms with Gasteiger partial charge in [-0.25, -0.2) is 5.06 Å². The normalized spacial score (nSPS) is 13.0. The minimum atomic E-state index is -2.08. The average molecular weight is 389 g/mol. The van der Waals surface area contributed by atoms with Crippen molar-refractivity contribution in [2.24, 2.45) is 0 Å². The second-order valence-electron chi connectivity index (χ2n) is 6.64. The van der Waals surface area contributed by atoms with Gasteiger partial charge in [-0.15, -0.1) is 0 Å². The molecule has 2 aromatic rings. The van der Waals surface area contributed by atoms with Gasteiger partial charge in [-0.1, -0.05) is 31.2 Å². The first kappa shape index (κ1) is 21.2. The minimum absolute atomic E-state index is 0.104. The molecule has 0 aliphatic heterocycles. The lowest BCUT2D eigenvalue weighted by atomic mass is 9.82. The summed E-state index contributed by atoms with van der Waals surface area (Å²) in [5.74, 6) is -4.58. The van der Waals surface area contributed by atoms with Gasteiger partial charge in [0.15, 0.2) is 11.5 Å². The standard InChI is InChI=1S/C20H23NO7/c1-3-12-4-6-13(7-5-12)10-20(27,11-16(23)19(26)21(2)28)14-8-9-15(22)18(25)17(14)24/h4-9,22,24-25,27-28H,3,10-11H2,1-2H3/t20-/m1/s1. The number of hydrogen-bond acceptors (Lipinski definition) is 7. The third-order valence-corrected chi connectivity index (χ3v) is 4.54. The number of aryl methyl sites for hydroxylation is 1. The van der Waals surface area contributed by atoms with Gasteiger partial charge in [0.25, 0.3) is 0 Å². The molecule has 0 saturated heterocycles. The maximum Gasteiger partial charge on any atom is 0.313 e. The molecule has 0 radical (unpaired) electrons. The van der Waals surface area contributed by atoms with E-state index in [2.05, 4.69) is 0 Å². The zero-order chi connectivity index (χ0) is 21.1. The fourth-order valence-electron chi connectivity index (χ4n) is 2.95. The average Bonchev–Trinajstić information content (AvgIpc) is 2.65. The van der Waals surface area contributed by atoms with Crippen molar-refractivity contribution in [3.63, 3.8) is 0 Å². The summed E-state index contributed by atoms with van der Waals surface area (Å²) in [4.78, 5) is 24.0. The Hall–Kier alpha value is -3.10. The van der Waals surface area contributed by atoms with Crippen LogP contribution in [0, 0.1) is 0 Å². The van der Waals surface area contributed by atoms with Gasteiger partial charge in [-0.3, -0.25) is 14.8 Å². The summed E-state index contributed by atoms with van der Waals surface area (Å²) < 4.78 is 0. The lowest BCUT2D eigenvalue weighted by molar-refractivity contribution is -0.167. The number of hydrogen-bond donors (Lipinski definition) is 5. The summed E-state index contributed by atoms with van der Waals surface area (Å²) in [6.07, 6.45) is -0.111. The number of phenolic OH excluding ortho intramolecular Hbond substituents is 3. The molecule has 0 saturated carbocycles. The zero-order valence-corrected chi connectivity index (χ0v) is 15.6. The lowest BCUT2D eigenvalue weighted by Gasteiger charge is -2.29. The Kier molecular flexibility index (Phi) is 6.27. The number of hydroxylamine groups is 2. The molecule has 2 aromatic carbocycles. The van der Waals surface area contributed by atoms with Gasteiger partial charge in [0.2, 0.25) is 11.5 Å². The number of benzene rings is 2. The van der Waals surface area contributed by atoms with Crippen molar-refractivity contribution >= 4 is 11.7 Å². The van der Waals surface area contributed by atoms with Crippen molar-refractivity contribution in [2.75, 3.05) is 7.05 Å². The third kappa shape index (κ3) is 4.41. The van der Waals surface area contributed by atoms with E-state index in [1.807, 2.05) is 19.1 Å². The molecule has 0 aliphatic carbocycles. The van der Waals surface area contributed by atoms with E-state index in [-0.39, 0.29) is 17.0 Å². The first-order valence-corrected chi connectivity index (χ1v) is 8.63. The number of carbonyl (C=O) groups is 2. The molecule has 8 heteroatoms. The van der Waals surface area contributed by atoms with Gasteiger partial charge in [0.05, 0.1) is 0 Å². The Balaban J connectivity index is 2.49. The van der Waals surface area contributed by atoms with Crippen molar-refractivity contribution in [2.45, 2.75) is 31.8 Å². The fraction of sp³-hybridized carbons (Fsp3) is 0.300. The summed E-state index contributed by atoms with van der Waals surface area (Å²) in [5, 5.41) is 50.1. The van der Waals surface area contributed by atoms with Crippen molar-refractivity contribution in [1.29, 1.82) is 0 Å². The van der Waals surface area contributed by atoms with E-state index >= 15 is 0 Å². The Morgan fingerprint density at radius 3 is 2.07 bits per heavy atom. The number of carbonyl (C=O) groups excluding carboxylic acids is 2. The molecule has 150 valence electrons. The number of nitrogens with zero attached hydrogens (tertiary/aromatic N) is 1. The Morgan fingerprint density at radius 1 is 0.964 bits per heavy atom. The van der Waals surface area contributed by atoms with Gasteiger partial charge in [-0.2, -0.15) is 0 Å². The summed E-state index contributed by atoms with van der Waals surface area (Å²) >= 11 is 0. The highest BCUT2D eigenvalue weighted by atomic mass is 16.5. The second kappa shape index (κ2) is 8.28. The van der Waals surface area contributed by atoms with Crippen molar-refractivity contribution in [3.05, 3.63) is 53.1 Å². The number of ketones is 1. The number of rotatable bonds is 7. The molecule has 0 aliphatic rings. The first-order chi connectivity index (χ1) is 13.1. The minimum Gasteiger partial charge on any atom is -0.504 e. The van der Waals surface area contributed by atoms with E-state index in [0.717, 1.165) is 31.2 Å². The highest BCUT2D eigenvalue weighted by Crippen LogP contribution is 2.44. The van der Waals surface area contributed by atoms with Crippen molar-refractivity contribution < 1.29 is 35.2 Å². The summed E-state index contributed by atoms with van der Waals surface area (Å²) in [5.41, 5.74) is -0.634. The van der Waals surface area contributed by atoms with Crippen LogP contribution in [0.1, 0.15) is 30.0 Å². The van der Waals surface area contributed by atoms with Gasteiger partial charge < -0.3 is 20.4 Å². The Labute approximate surface area is 161 Å². The molecule has 28 heavy (non-hydrogen) atoms. The second-order valence-corrected chi connectivity index (χ2v) is 6.64. The SMILES string of the molecule is CCc1ccc(C[C@@](O)(CC(=O)C(=O)N(C)O)c2ccc(O)c(O)c2O)cc1. The van der Waals surface area contributed by atoms with E-state index in [9.17, 15) is 35.2 Å². The highest BCUT2D eigenvalue weighted by molar-refractivity contribution is 6.35. The van der Waals surface area contributed by atoms with E-state index in [1.54, 1.807) is 12.1 Å². The molecule has 0 spiro atoms. The quantitative estimate of drug-likeness (QED) is 0.210. The van der Waals surface area contributed by atoms with Crippen LogP contribution in [0.15, 0.2) is 36.4 Å².